The summed E-state index contributed by atoms with van der Waals surface area (Å²) in [6.45, 7) is 3.51. The minimum Gasteiger partial charge on any atom is -0.493 e. The Hall–Kier alpha value is -2.58. The van der Waals surface area contributed by atoms with E-state index in [9.17, 15) is 9.59 Å². The second-order valence-corrected chi connectivity index (χ2v) is 7.97. The van der Waals surface area contributed by atoms with Crippen molar-refractivity contribution in [1.82, 2.24) is 10.6 Å². The van der Waals surface area contributed by atoms with Gasteiger partial charge in [0.05, 0.1) is 25.6 Å². The molecule has 0 saturated heterocycles. The van der Waals surface area contributed by atoms with Gasteiger partial charge >= 0.3 is 6.03 Å². The van der Waals surface area contributed by atoms with E-state index in [0.717, 1.165) is 29.8 Å². The van der Waals surface area contributed by atoms with Crippen molar-refractivity contribution in [2.45, 2.75) is 25.8 Å². The fourth-order valence-corrected chi connectivity index (χ4v) is 4.64. The lowest BCUT2D eigenvalue weighted by molar-refractivity contribution is -0.919. The molecule has 2 atom stereocenters. The standard InChI is InChI=1S/C21H27N3O4S/c1-4-8-22-21(26)23-19(25)13-24-9-7-14-11-16(27-2)17(28-3)12-15(14)20(24)18-6-5-10-29-18/h5-6,10-12,20H,4,7-9,13H2,1-3H3,(H2,22,23,25,26)/p+1/t20-/m0/s1. The second-order valence-electron chi connectivity index (χ2n) is 6.99. The lowest BCUT2D eigenvalue weighted by Gasteiger charge is -2.34. The largest absolute Gasteiger partial charge is 0.493 e. The molecule has 3 rings (SSSR count). The highest BCUT2D eigenvalue weighted by Gasteiger charge is 2.35. The highest BCUT2D eigenvalue weighted by Crippen LogP contribution is 2.36. The van der Waals surface area contributed by atoms with Gasteiger partial charge in [-0.25, -0.2) is 4.79 Å². The first-order valence-electron chi connectivity index (χ1n) is 9.77. The number of urea groups is 1. The van der Waals surface area contributed by atoms with Gasteiger partial charge in [0.1, 0.15) is 6.04 Å². The van der Waals surface area contributed by atoms with E-state index in [1.807, 2.05) is 30.5 Å². The summed E-state index contributed by atoms with van der Waals surface area (Å²) in [5.41, 5.74) is 2.33. The van der Waals surface area contributed by atoms with Gasteiger partial charge in [0.2, 0.25) is 0 Å². The molecule has 0 aliphatic carbocycles. The van der Waals surface area contributed by atoms with Gasteiger partial charge in [0.15, 0.2) is 18.0 Å². The number of quaternary nitrogens is 1. The number of benzene rings is 1. The van der Waals surface area contributed by atoms with E-state index in [2.05, 4.69) is 16.7 Å². The van der Waals surface area contributed by atoms with Crippen molar-refractivity contribution in [1.29, 1.82) is 0 Å². The second kappa shape index (κ2) is 9.76. The van der Waals surface area contributed by atoms with Crippen LogP contribution in [0.2, 0.25) is 0 Å². The third kappa shape index (κ3) is 4.89. The molecule has 8 heteroatoms. The first-order valence-corrected chi connectivity index (χ1v) is 10.7. The molecule has 0 spiro atoms. The zero-order valence-corrected chi connectivity index (χ0v) is 17.9. The normalized spacial score (nSPS) is 17.9. The molecule has 0 radical (unpaired) electrons. The molecule has 1 unspecified atom stereocenters. The van der Waals surface area contributed by atoms with Gasteiger partial charge in [-0.1, -0.05) is 13.0 Å². The molecule has 29 heavy (non-hydrogen) atoms. The maximum atomic E-state index is 12.5. The Morgan fingerprint density at radius 1 is 1.24 bits per heavy atom. The van der Waals surface area contributed by atoms with Gasteiger partial charge in [-0.2, -0.15) is 0 Å². The first kappa shape index (κ1) is 21.1. The summed E-state index contributed by atoms with van der Waals surface area (Å²) < 4.78 is 11.0. The number of methoxy groups -OCH3 is 2. The average Bonchev–Trinajstić information content (AvgIpc) is 3.25. The molecule has 3 N–H and O–H groups in total. The van der Waals surface area contributed by atoms with Crippen LogP contribution >= 0.6 is 11.3 Å². The third-order valence-corrected chi connectivity index (χ3v) is 6.02. The summed E-state index contributed by atoms with van der Waals surface area (Å²) in [4.78, 5) is 26.6. The number of thiophene rings is 1. The molecule has 1 aliphatic rings. The number of hydrogen-bond acceptors (Lipinski definition) is 5. The number of nitrogens with one attached hydrogen (secondary N) is 3. The Labute approximate surface area is 175 Å². The molecule has 1 aliphatic heterocycles. The van der Waals surface area contributed by atoms with Crippen molar-refractivity contribution in [2.24, 2.45) is 0 Å². The van der Waals surface area contributed by atoms with Crippen molar-refractivity contribution >= 4 is 23.3 Å². The summed E-state index contributed by atoms with van der Waals surface area (Å²) in [5.74, 6) is 1.11. The lowest BCUT2D eigenvalue weighted by atomic mass is 9.91. The molecule has 3 amide bonds. The van der Waals surface area contributed by atoms with Crippen molar-refractivity contribution < 1.29 is 24.0 Å². The van der Waals surface area contributed by atoms with Gasteiger partial charge in [0, 0.05) is 18.5 Å². The quantitative estimate of drug-likeness (QED) is 0.637. The van der Waals surface area contributed by atoms with Crippen molar-refractivity contribution in [3.8, 4) is 11.5 Å². The SMILES string of the molecule is CCCNC(=O)NC(=O)C[NH+]1CCc2cc(OC)c(OC)cc2[C@H]1c1cccs1. The minimum absolute atomic E-state index is 0.00279. The Morgan fingerprint density at radius 2 is 2.00 bits per heavy atom. The van der Waals surface area contributed by atoms with E-state index in [4.69, 9.17) is 9.47 Å². The van der Waals surface area contributed by atoms with Crippen LogP contribution in [-0.4, -0.2) is 45.8 Å². The number of fused-ring (bicyclic) bond motifs is 1. The monoisotopic (exact) mass is 418 g/mol. The number of imide groups is 1. The van der Waals surface area contributed by atoms with E-state index < -0.39 is 6.03 Å². The zero-order valence-electron chi connectivity index (χ0n) is 17.0. The summed E-state index contributed by atoms with van der Waals surface area (Å²) in [7, 11) is 3.26. The van der Waals surface area contributed by atoms with E-state index in [1.165, 1.54) is 10.4 Å². The number of carbonyl (C=O) groups is 2. The van der Waals surface area contributed by atoms with Gasteiger partial charge in [0.25, 0.3) is 5.91 Å². The maximum Gasteiger partial charge on any atom is 0.321 e. The summed E-state index contributed by atoms with van der Waals surface area (Å²) >= 11 is 1.67. The van der Waals surface area contributed by atoms with Crippen LogP contribution in [0.4, 0.5) is 4.79 Å². The fraction of sp³-hybridized carbons (Fsp3) is 0.429. The van der Waals surface area contributed by atoms with Crippen LogP contribution in [0.25, 0.3) is 0 Å². The maximum absolute atomic E-state index is 12.5. The smallest absolute Gasteiger partial charge is 0.321 e. The Balaban J connectivity index is 1.85. The van der Waals surface area contributed by atoms with Gasteiger partial charge in [-0.3, -0.25) is 10.1 Å². The predicted octanol–water partition coefficient (Wildman–Crippen LogP) is 1.53. The van der Waals surface area contributed by atoms with Crippen LogP contribution in [0, 0.1) is 0 Å². The van der Waals surface area contributed by atoms with E-state index in [1.54, 1.807) is 25.6 Å². The average molecular weight is 419 g/mol. The molecule has 0 fully saturated rings. The van der Waals surface area contributed by atoms with Gasteiger partial charge in [-0.15, -0.1) is 11.3 Å². The summed E-state index contributed by atoms with van der Waals surface area (Å²) in [6, 6.07) is 7.72. The molecule has 156 valence electrons. The van der Waals surface area contributed by atoms with Crippen LogP contribution in [0.15, 0.2) is 29.6 Å². The van der Waals surface area contributed by atoms with Gasteiger partial charge < -0.3 is 19.7 Å². The van der Waals surface area contributed by atoms with E-state index in [-0.39, 0.29) is 18.5 Å². The van der Waals surface area contributed by atoms with Gasteiger partial charge in [-0.05, 0) is 35.6 Å². The Kier molecular flexibility index (Phi) is 7.11. The zero-order chi connectivity index (χ0) is 20.8. The van der Waals surface area contributed by atoms with Crippen molar-refractivity contribution in [3.63, 3.8) is 0 Å². The minimum atomic E-state index is -0.437. The predicted molar refractivity (Wildman–Crippen MR) is 112 cm³/mol. The molecule has 2 aromatic rings. The molecular formula is C21H28N3O4S+. The van der Waals surface area contributed by atoms with Crippen LogP contribution < -0.4 is 25.0 Å². The van der Waals surface area contributed by atoms with E-state index >= 15 is 0 Å². The number of carbonyl (C=O) groups excluding carboxylic acids is 2. The highest BCUT2D eigenvalue weighted by molar-refractivity contribution is 7.10. The third-order valence-electron chi connectivity index (χ3n) is 5.08. The fourth-order valence-electron chi connectivity index (χ4n) is 3.74. The van der Waals surface area contributed by atoms with Crippen LogP contribution in [0.5, 0.6) is 11.5 Å². The Bertz CT molecular complexity index is 854. The van der Waals surface area contributed by atoms with Crippen LogP contribution in [0.3, 0.4) is 0 Å². The number of ether oxygens (including phenoxy) is 2. The molecular weight excluding hydrogens is 390 g/mol. The number of rotatable bonds is 7. The van der Waals surface area contributed by atoms with Crippen molar-refractivity contribution in [2.75, 3.05) is 33.9 Å². The first-order chi connectivity index (χ1) is 14.1. The molecule has 1 aromatic heterocycles. The molecule has 0 bridgehead atoms. The number of amides is 3. The summed E-state index contributed by atoms with van der Waals surface area (Å²) in [5, 5.41) is 7.16. The summed E-state index contributed by atoms with van der Waals surface area (Å²) in [6.07, 6.45) is 1.64. The molecule has 1 aromatic carbocycles. The lowest BCUT2D eigenvalue weighted by Crippen LogP contribution is -3.14. The topological polar surface area (TPSA) is 81.1 Å². The molecule has 7 nitrogen and oxygen atoms in total. The number of hydrogen-bond donors (Lipinski definition) is 3. The van der Waals surface area contributed by atoms with Crippen LogP contribution in [-0.2, 0) is 11.2 Å². The van der Waals surface area contributed by atoms with E-state index in [0.29, 0.717) is 18.0 Å². The van der Waals surface area contributed by atoms with Crippen LogP contribution in [0.1, 0.15) is 35.4 Å². The Morgan fingerprint density at radius 3 is 2.66 bits per heavy atom. The molecule has 2 heterocycles. The van der Waals surface area contributed by atoms with Crippen molar-refractivity contribution in [3.05, 3.63) is 45.6 Å². The molecule has 0 saturated carbocycles. The highest BCUT2D eigenvalue weighted by atomic mass is 32.1.